The Labute approximate surface area is 111 Å². The van der Waals surface area contributed by atoms with Gasteiger partial charge >= 0.3 is 6.36 Å². The second-order valence-corrected chi connectivity index (χ2v) is 3.58. The molecule has 1 heterocycles. The molecule has 0 saturated carbocycles. The van der Waals surface area contributed by atoms with Crippen LogP contribution in [0.1, 0.15) is 0 Å². The number of hydrogen-bond acceptors (Lipinski definition) is 6. The van der Waals surface area contributed by atoms with Crippen LogP contribution in [-0.4, -0.2) is 16.3 Å². The van der Waals surface area contributed by atoms with Gasteiger partial charge in [0.15, 0.2) is 5.75 Å². The van der Waals surface area contributed by atoms with E-state index in [0.717, 1.165) is 0 Å². The molecule has 0 amide bonds. The average Bonchev–Trinajstić information content (AvgIpc) is 2.40. The van der Waals surface area contributed by atoms with Gasteiger partial charge in [0.1, 0.15) is 5.82 Å². The van der Waals surface area contributed by atoms with E-state index in [0.29, 0.717) is 0 Å². The average molecular weight is 285 g/mol. The normalized spacial score (nSPS) is 11.0. The molecule has 4 N–H and O–H groups in total. The van der Waals surface area contributed by atoms with E-state index in [9.17, 15) is 13.2 Å². The van der Waals surface area contributed by atoms with E-state index in [4.69, 9.17) is 5.84 Å². The van der Waals surface area contributed by atoms with Crippen LogP contribution in [0.3, 0.4) is 0 Å². The molecule has 0 unspecified atom stereocenters. The summed E-state index contributed by atoms with van der Waals surface area (Å²) in [7, 11) is 0. The molecule has 0 fully saturated rings. The van der Waals surface area contributed by atoms with Gasteiger partial charge in [-0.3, -0.25) is 5.43 Å². The Morgan fingerprint density at radius 1 is 1.15 bits per heavy atom. The van der Waals surface area contributed by atoms with Gasteiger partial charge in [-0.2, -0.15) is 4.98 Å². The minimum absolute atomic E-state index is 0.117. The highest BCUT2D eigenvalue weighted by Gasteiger charge is 2.32. The number of nitrogens with one attached hydrogen (secondary N) is 2. The summed E-state index contributed by atoms with van der Waals surface area (Å²) in [6, 6.07) is 7.09. The van der Waals surface area contributed by atoms with Crippen molar-refractivity contribution in [3.63, 3.8) is 0 Å². The van der Waals surface area contributed by atoms with Crippen molar-refractivity contribution < 1.29 is 17.9 Å². The van der Waals surface area contributed by atoms with Crippen molar-refractivity contribution in [3.8, 4) is 5.75 Å². The van der Waals surface area contributed by atoms with Crippen molar-refractivity contribution in [1.29, 1.82) is 0 Å². The number of aromatic nitrogens is 2. The predicted molar refractivity (Wildman–Crippen MR) is 66.2 cm³/mol. The first kappa shape index (κ1) is 13.9. The minimum Gasteiger partial charge on any atom is -0.404 e. The summed E-state index contributed by atoms with van der Waals surface area (Å²) in [5, 5.41) is 2.70. The summed E-state index contributed by atoms with van der Waals surface area (Å²) in [4.78, 5) is 7.71. The quantitative estimate of drug-likeness (QED) is 0.591. The second kappa shape index (κ2) is 5.61. The van der Waals surface area contributed by atoms with E-state index >= 15 is 0 Å². The Hall–Kier alpha value is -2.55. The Morgan fingerprint density at radius 2 is 1.90 bits per heavy atom. The number of hydrazine groups is 1. The van der Waals surface area contributed by atoms with Gasteiger partial charge < -0.3 is 10.1 Å². The van der Waals surface area contributed by atoms with Gasteiger partial charge in [-0.25, -0.2) is 10.8 Å². The fourth-order valence-electron chi connectivity index (χ4n) is 1.42. The van der Waals surface area contributed by atoms with Gasteiger partial charge in [-0.15, -0.1) is 13.2 Å². The maximum atomic E-state index is 12.3. The maximum Gasteiger partial charge on any atom is 0.573 e. The zero-order chi connectivity index (χ0) is 14.6. The summed E-state index contributed by atoms with van der Waals surface area (Å²) in [6.45, 7) is 0. The molecule has 0 atom stereocenters. The van der Waals surface area contributed by atoms with Gasteiger partial charge in [0.2, 0.25) is 5.95 Å². The lowest BCUT2D eigenvalue weighted by Gasteiger charge is -2.14. The zero-order valence-corrected chi connectivity index (χ0v) is 9.98. The molecule has 20 heavy (non-hydrogen) atoms. The molecule has 0 aliphatic rings. The molecule has 106 valence electrons. The van der Waals surface area contributed by atoms with Gasteiger partial charge in [-0.05, 0) is 18.2 Å². The first-order valence-corrected chi connectivity index (χ1v) is 5.39. The third kappa shape index (κ3) is 3.72. The Kier molecular flexibility index (Phi) is 3.89. The number of ether oxygens (including phenoxy) is 1. The van der Waals surface area contributed by atoms with Gasteiger partial charge in [0.25, 0.3) is 0 Å². The third-order valence-corrected chi connectivity index (χ3v) is 2.16. The molecule has 0 bridgehead atoms. The molecule has 1 aromatic carbocycles. The molecular formula is C11H10F3N5O. The number of nitrogen functional groups attached to an aromatic ring is 1. The summed E-state index contributed by atoms with van der Waals surface area (Å²) < 4.78 is 40.7. The molecule has 6 nitrogen and oxygen atoms in total. The van der Waals surface area contributed by atoms with Crippen molar-refractivity contribution in [2.24, 2.45) is 5.84 Å². The smallest absolute Gasteiger partial charge is 0.404 e. The Balaban J connectivity index is 2.24. The van der Waals surface area contributed by atoms with E-state index in [1.165, 1.54) is 30.5 Å². The number of halogens is 3. The highest BCUT2D eigenvalue weighted by Crippen LogP contribution is 2.31. The lowest BCUT2D eigenvalue weighted by molar-refractivity contribution is -0.274. The molecule has 0 saturated heterocycles. The van der Waals surface area contributed by atoms with E-state index < -0.39 is 6.36 Å². The highest BCUT2D eigenvalue weighted by atomic mass is 19.4. The van der Waals surface area contributed by atoms with Crippen molar-refractivity contribution >= 4 is 17.5 Å². The van der Waals surface area contributed by atoms with Crippen LogP contribution in [-0.2, 0) is 0 Å². The second-order valence-electron chi connectivity index (χ2n) is 3.58. The van der Waals surface area contributed by atoms with Crippen molar-refractivity contribution in [3.05, 3.63) is 36.5 Å². The van der Waals surface area contributed by atoms with Crippen LogP contribution >= 0.6 is 0 Å². The number of anilines is 3. The van der Waals surface area contributed by atoms with Crippen LogP contribution in [0.25, 0.3) is 0 Å². The fraction of sp³-hybridized carbons (Fsp3) is 0.0909. The fourth-order valence-corrected chi connectivity index (χ4v) is 1.42. The molecular weight excluding hydrogens is 275 g/mol. The number of para-hydroxylation sites is 2. The van der Waals surface area contributed by atoms with Crippen LogP contribution in [0.2, 0.25) is 0 Å². The van der Waals surface area contributed by atoms with Crippen LogP contribution in [0.5, 0.6) is 5.75 Å². The molecule has 1 aromatic heterocycles. The molecule has 0 aliphatic heterocycles. The van der Waals surface area contributed by atoms with E-state index in [2.05, 4.69) is 25.4 Å². The summed E-state index contributed by atoms with van der Waals surface area (Å²) in [6.07, 6.45) is -3.37. The topological polar surface area (TPSA) is 85.1 Å². The molecule has 9 heteroatoms. The van der Waals surface area contributed by atoms with Gasteiger partial charge in [0, 0.05) is 6.20 Å². The summed E-state index contributed by atoms with van der Waals surface area (Å²) in [5.74, 6) is 5.19. The summed E-state index contributed by atoms with van der Waals surface area (Å²) >= 11 is 0. The predicted octanol–water partition coefficient (Wildman–Crippen LogP) is 2.40. The minimum atomic E-state index is -4.77. The van der Waals surface area contributed by atoms with Crippen molar-refractivity contribution in [2.45, 2.75) is 6.36 Å². The number of nitrogens with two attached hydrogens (primary N) is 1. The van der Waals surface area contributed by atoms with E-state index in [-0.39, 0.29) is 23.2 Å². The lowest BCUT2D eigenvalue weighted by atomic mass is 10.3. The number of alkyl halides is 3. The summed E-state index contributed by atoms with van der Waals surface area (Å²) in [5.41, 5.74) is 2.35. The zero-order valence-electron chi connectivity index (χ0n) is 9.98. The number of nitrogens with zero attached hydrogens (tertiary/aromatic N) is 2. The van der Waals surface area contributed by atoms with Gasteiger partial charge in [-0.1, -0.05) is 12.1 Å². The lowest BCUT2D eigenvalue weighted by Crippen LogP contribution is -2.18. The monoisotopic (exact) mass is 285 g/mol. The Morgan fingerprint density at radius 3 is 2.60 bits per heavy atom. The van der Waals surface area contributed by atoms with Crippen molar-refractivity contribution in [2.75, 3.05) is 10.7 Å². The first-order valence-electron chi connectivity index (χ1n) is 5.39. The van der Waals surface area contributed by atoms with Gasteiger partial charge in [0.05, 0.1) is 5.69 Å². The number of benzene rings is 1. The largest absolute Gasteiger partial charge is 0.573 e. The molecule has 0 aliphatic carbocycles. The van der Waals surface area contributed by atoms with Crippen LogP contribution < -0.4 is 21.3 Å². The number of rotatable bonds is 4. The van der Waals surface area contributed by atoms with E-state index in [1.807, 2.05) is 0 Å². The third-order valence-electron chi connectivity index (χ3n) is 2.16. The maximum absolute atomic E-state index is 12.3. The molecule has 2 aromatic rings. The van der Waals surface area contributed by atoms with Crippen molar-refractivity contribution in [1.82, 2.24) is 9.97 Å². The van der Waals surface area contributed by atoms with Crippen LogP contribution in [0, 0.1) is 0 Å². The highest BCUT2D eigenvalue weighted by molar-refractivity contribution is 5.64. The SMILES string of the molecule is NNc1nccc(Nc2ccccc2OC(F)(F)F)n1. The molecule has 0 radical (unpaired) electrons. The molecule has 2 rings (SSSR count). The Bertz CT molecular complexity index is 590. The standard InChI is InChI=1S/C11H10F3N5O/c12-11(13,14)20-8-4-2-1-3-7(8)17-9-5-6-16-10(18-9)19-15/h1-6H,15H2,(H2,16,17,18,19). The van der Waals surface area contributed by atoms with E-state index in [1.54, 1.807) is 6.07 Å². The first-order chi connectivity index (χ1) is 9.48. The van der Waals surface area contributed by atoms with Crippen LogP contribution in [0.15, 0.2) is 36.5 Å². The molecule has 0 spiro atoms. The number of hydrogen-bond donors (Lipinski definition) is 3. The van der Waals surface area contributed by atoms with Crippen LogP contribution in [0.4, 0.5) is 30.6 Å².